The third-order valence-electron chi connectivity index (χ3n) is 4.70. The van der Waals surface area contributed by atoms with Crippen LogP contribution in [0, 0.1) is 5.92 Å². The summed E-state index contributed by atoms with van der Waals surface area (Å²) in [6.07, 6.45) is 0. The van der Waals surface area contributed by atoms with Crippen molar-refractivity contribution >= 4 is 29.5 Å². The molecular formula is C21H20ClN3O7. The molecule has 0 unspecified atom stereocenters. The quantitative estimate of drug-likeness (QED) is 0.505. The number of nitrogens with zero attached hydrogens (tertiary/aromatic N) is 2. The zero-order valence-corrected chi connectivity index (χ0v) is 18.5. The number of methoxy groups -OCH3 is 2. The maximum atomic E-state index is 13.0. The molecule has 0 amide bonds. The van der Waals surface area contributed by atoms with E-state index >= 15 is 0 Å². The number of benzene rings is 1. The number of dihydropyridines is 1. The van der Waals surface area contributed by atoms with E-state index in [4.69, 9.17) is 30.3 Å². The second-order valence-corrected chi connectivity index (χ2v) is 7.18. The van der Waals surface area contributed by atoms with E-state index in [9.17, 15) is 14.4 Å². The first kappa shape index (κ1) is 23.0. The van der Waals surface area contributed by atoms with Gasteiger partial charge < -0.3 is 24.1 Å². The average Bonchev–Trinajstić information content (AvgIpc) is 3.25. The summed E-state index contributed by atoms with van der Waals surface area (Å²) >= 11 is 5.97. The lowest BCUT2D eigenvalue weighted by atomic mass is 9.85. The Balaban J connectivity index is 1.84. The fraction of sp³-hybridized carbons (Fsp3) is 0.286. The van der Waals surface area contributed by atoms with Gasteiger partial charge >= 0.3 is 17.9 Å². The SMILES string of the molecule is COC(=O)C1=C(C)NC(C)=C(C(=O)OC)C1C(=O)OCc1nc(-c2cccc(Cl)c2)no1. The molecule has 0 fully saturated rings. The predicted octanol–water partition coefficient (Wildman–Crippen LogP) is 2.55. The fourth-order valence-electron chi connectivity index (χ4n) is 3.27. The molecule has 32 heavy (non-hydrogen) atoms. The normalized spacial score (nSPS) is 14.2. The highest BCUT2D eigenvalue weighted by Crippen LogP contribution is 2.32. The molecule has 168 valence electrons. The summed E-state index contributed by atoms with van der Waals surface area (Å²) in [5, 5.41) is 7.24. The third kappa shape index (κ3) is 4.65. The van der Waals surface area contributed by atoms with Crippen molar-refractivity contribution in [3.63, 3.8) is 0 Å². The Hall–Kier alpha value is -3.66. The van der Waals surface area contributed by atoms with E-state index in [-0.39, 0.29) is 29.5 Å². The Morgan fingerprint density at radius 2 is 1.72 bits per heavy atom. The molecule has 3 rings (SSSR count). The molecule has 2 aromatic rings. The van der Waals surface area contributed by atoms with Gasteiger partial charge in [0.25, 0.3) is 5.89 Å². The van der Waals surface area contributed by atoms with Gasteiger partial charge in [0.05, 0.1) is 25.4 Å². The second kappa shape index (κ2) is 9.65. The summed E-state index contributed by atoms with van der Waals surface area (Å²) in [5.41, 5.74) is 1.20. The molecule has 1 aromatic heterocycles. The van der Waals surface area contributed by atoms with Crippen molar-refractivity contribution in [3.8, 4) is 11.4 Å². The van der Waals surface area contributed by atoms with Gasteiger partial charge in [-0.1, -0.05) is 28.9 Å². The van der Waals surface area contributed by atoms with Crippen LogP contribution in [0.4, 0.5) is 0 Å². The summed E-state index contributed by atoms with van der Waals surface area (Å²) < 4.78 is 20.0. The van der Waals surface area contributed by atoms with Gasteiger partial charge in [0.1, 0.15) is 5.92 Å². The smallest absolute Gasteiger partial charge is 0.336 e. The van der Waals surface area contributed by atoms with Crippen molar-refractivity contribution < 1.29 is 33.1 Å². The molecule has 0 bridgehead atoms. The lowest BCUT2D eigenvalue weighted by molar-refractivity contribution is -0.152. The monoisotopic (exact) mass is 461 g/mol. The van der Waals surface area contributed by atoms with Crippen LogP contribution < -0.4 is 5.32 Å². The Morgan fingerprint density at radius 1 is 1.09 bits per heavy atom. The van der Waals surface area contributed by atoms with E-state index < -0.39 is 23.8 Å². The molecule has 1 N–H and O–H groups in total. The second-order valence-electron chi connectivity index (χ2n) is 6.75. The van der Waals surface area contributed by atoms with E-state index in [0.29, 0.717) is 22.0 Å². The molecule has 0 atom stereocenters. The summed E-state index contributed by atoms with van der Waals surface area (Å²) in [6, 6.07) is 6.84. The van der Waals surface area contributed by atoms with Crippen LogP contribution in [0.3, 0.4) is 0 Å². The van der Waals surface area contributed by atoms with Gasteiger partial charge in [0.2, 0.25) is 5.82 Å². The first-order chi connectivity index (χ1) is 15.3. The number of hydrogen-bond acceptors (Lipinski definition) is 10. The standard InChI is InChI=1S/C21H20ClN3O7/c1-10-15(19(26)29-3)17(16(11(2)23-10)20(27)30-4)21(28)31-9-14-24-18(25-32-14)12-6-5-7-13(22)8-12/h5-8,17,23H,9H2,1-4H3. The molecular weight excluding hydrogens is 442 g/mol. The van der Waals surface area contributed by atoms with Gasteiger partial charge in [0, 0.05) is 22.0 Å². The summed E-state index contributed by atoms with van der Waals surface area (Å²) in [6.45, 7) is 2.79. The lowest BCUT2D eigenvalue weighted by Crippen LogP contribution is -2.37. The predicted molar refractivity (Wildman–Crippen MR) is 111 cm³/mol. The topological polar surface area (TPSA) is 130 Å². The molecule has 0 spiro atoms. The maximum Gasteiger partial charge on any atom is 0.336 e. The van der Waals surface area contributed by atoms with Crippen LogP contribution in [0.15, 0.2) is 51.3 Å². The molecule has 0 saturated heterocycles. The van der Waals surface area contributed by atoms with Gasteiger partial charge in [-0.25, -0.2) is 9.59 Å². The first-order valence-electron chi connectivity index (χ1n) is 9.37. The van der Waals surface area contributed by atoms with Crippen LogP contribution in [-0.2, 0) is 35.2 Å². The van der Waals surface area contributed by atoms with E-state index in [0.717, 1.165) is 0 Å². The minimum atomic E-state index is -1.36. The Kier molecular flexibility index (Phi) is 6.94. The Labute approximate surface area is 188 Å². The van der Waals surface area contributed by atoms with E-state index in [2.05, 4.69) is 15.5 Å². The minimum absolute atomic E-state index is 0.0166. The van der Waals surface area contributed by atoms with E-state index in [1.165, 1.54) is 14.2 Å². The summed E-state index contributed by atoms with van der Waals surface area (Å²) in [5.74, 6) is -3.53. The fourth-order valence-corrected chi connectivity index (χ4v) is 3.46. The highest BCUT2D eigenvalue weighted by Gasteiger charge is 2.42. The number of halogens is 1. The Morgan fingerprint density at radius 3 is 2.28 bits per heavy atom. The zero-order chi connectivity index (χ0) is 23.4. The number of nitrogens with one attached hydrogen (secondary N) is 1. The van der Waals surface area contributed by atoms with Gasteiger partial charge in [-0.2, -0.15) is 4.98 Å². The van der Waals surface area contributed by atoms with Gasteiger partial charge in [-0.3, -0.25) is 4.79 Å². The summed E-state index contributed by atoms with van der Waals surface area (Å²) in [7, 11) is 2.34. The van der Waals surface area contributed by atoms with Crippen molar-refractivity contribution in [2.75, 3.05) is 14.2 Å². The van der Waals surface area contributed by atoms with Crippen LogP contribution in [-0.4, -0.2) is 42.3 Å². The molecule has 1 aliphatic rings. The molecule has 1 aliphatic heterocycles. The highest BCUT2D eigenvalue weighted by atomic mass is 35.5. The molecule has 2 heterocycles. The van der Waals surface area contributed by atoms with Crippen molar-refractivity contribution in [1.82, 2.24) is 15.5 Å². The molecule has 0 saturated carbocycles. The largest absolute Gasteiger partial charge is 0.466 e. The lowest BCUT2D eigenvalue weighted by Gasteiger charge is -2.28. The van der Waals surface area contributed by atoms with Crippen molar-refractivity contribution in [2.24, 2.45) is 5.92 Å². The van der Waals surface area contributed by atoms with Gasteiger partial charge in [-0.05, 0) is 26.0 Å². The van der Waals surface area contributed by atoms with Crippen molar-refractivity contribution in [2.45, 2.75) is 20.5 Å². The zero-order valence-electron chi connectivity index (χ0n) is 17.7. The Bertz CT molecular complexity index is 1100. The molecule has 1 aromatic carbocycles. The van der Waals surface area contributed by atoms with E-state index in [1.54, 1.807) is 38.1 Å². The average molecular weight is 462 g/mol. The van der Waals surface area contributed by atoms with Gasteiger partial charge in [-0.15, -0.1) is 0 Å². The molecule has 0 radical (unpaired) electrons. The van der Waals surface area contributed by atoms with Crippen molar-refractivity contribution in [1.29, 1.82) is 0 Å². The maximum absolute atomic E-state index is 13.0. The van der Waals surface area contributed by atoms with Crippen LogP contribution in [0.1, 0.15) is 19.7 Å². The van der Waals surface area contributed by atoms with E-state index in [1.807, 2.05) is 0 Å². The number of esters is 3. The number of carbonyl (C=O) groups is 3. The number of hydrogen-bond donors (Lipinski definition) is 1. The number of allylic oxidation sites excluding steroid dienone is 2. The molecule has 0 aliphatic carbocycles. The van der Waals surface area contributed by atoms with Crippen LogP contribution in [0.2, 0.25) is 5.02 Å². The first-order valence-corrected chi connectivity index (χ1v) is 9.75. The van der Waals surface area contributed by atoms with Crippen LogP contribution >= 0.6 is 11.6 Å². The molecule has 11 heteroatoms. The van der Waals surface area contributed by atoms with Gasteiger partial charge in [0.15, 0.2) is 6.61 Å². The molecule has 10 nitrogen and oxygen atoms in total. The number of carbonyl (C=O) groups excluding carboxylic acids is 3. The number of aromatic nitrogens is 2. The number of ether oxygens (including phenoxy) is 3. The van der Waals surface area contributed by atoms with Crippen LogP contribution in [0.25, 0.3) is 11.4 Å². The summed E-state index contributed by atoms with van der Waals surface area (Å²) in [4.78, 5) is 41.9. The minimum Gasteiger partial charge on any atom is -0.466 e. The van der Waals surface area contributed by atoms with Crippen LogP contribution in [0.5, 0.6) is 0 Å². The third-order valence-corrected chi connectivity index (χ3v) is 4.93. The number of rotatable bonds is 6. The van der Waals surface area contributed by atoms with Crippen molar-refractivity contribution in [3.05, 3.63) is 57.7 Å². The highest BCUT2D eigenvalue weighted by molar-refractivity contribution is 6.30.